The molecule has 35 heavy (non-hydrogen) atoms. The van der Waals surface area contributed by atoms with Crippen LogP contribution in [0.2, 0.25) is 5.02 Å². The molecule has 10 heteroatoms. The van der Waals surface area contributed by atoms with E-state index in [9.17, 15) is 19.7 Å². The largest absolute Gasteiger partial charge is 0.490 e. The molecule has 0 saturated carbocycles. The molecule has 1 heterocycles. The number of urea groups is 1. The predicted molar refractivity (Wildman–Crippen MR) is 130 cm³/mol. The zero-order valence-electron chi connectivity index (χ0n) is 18.6. The molecule has 1 N–H and O–H groups in total. The Labute approximate surface area is 205 Å². The number of nitrogens with one attached hydrogen (secondary N) is 1. The Morgan fingerprint density at radius 2 is 1.71 bits per heavy atom. The number of rotatable bonds is 8. The minimum atomic E-state index is -0.559. The Morgan fingerprint density at radius 1 is 1.00 bits per heavy atom. The van der Waals surface area contributed by atoms with E-state index in [0.717, 1.165) is 10.5 Å². The molecule has 1 aliphatic rings. The number of ether oxygens (including phenoxy) is 2. The number of halogens is 1. The van der Waals surface area contributed by atoms with Crippen molar-refractivity contribution in [3.05, 3.63) is 98.7 Å². The van der Waals surface area contributed by atoms with E-state index in [-0.39, 0.29) is 18.0 Å². The first-order valence-electron chi connectivity index (χ1n) is 10.6. The van der Waals surface area contributed by atoms with Crippen LogP contribution >= 0.6 is 11.6 Å². The number of nitro benzene ring substituents is 1. The molecule has 1 aliphatic heterocycles. The molecule has 0 aliphatic carbocycles. The molecule has 9 nitrogen and oxygen atoms in total. The van der Waals surface area contributed by atoms with Gasteiger partial charge in [-0.05, 0) is 72.7 Å². The highest BCUT2D eigenvalue weighted by Gasteiger charge is 2.34. The van der Waals surface area contributed by atoms with Gasteiger partial charge >= 0.3 is 6.03 Å². The van der Waals surface area contributed by atoms with Gasteiger partial charge < -0.3 is 14.8 Å². The number of non-ortho nitro benzene ring substituents is 1. The number of carbonyl (C=O) groups excluding carboxylic acids is 2. The van der Waals surface area contributed by atoms with E-state index in [0.29, 0.717) is 34.4 Å². The first-order valence-corrected chi connectivity index (χ1v) is 11.0. The average molecular weight is 494 g/mol. The summed E-state index contributed by atoms with van der Waals surface area (Å²) in [6.07, 6.45) is 1.55. The molecule has 178 valence electrons. The highest BCUT2D eigenvalue weighted by molar-refractivity contribution is 6.31. The maximum absolute atomic E-state index is 12.9. The lowest BCUT2D eigenvalue weighted by atomic mass is 10.1. The molecule has 0 spiro atoms. The van der Waals surface area contributed by atoms with Gasteiger partial charge in [0.2, 0.25) is 0 Å². The molecule has 0 radical (unpaired) electrons. The van der Waals surface area contributed by atoms with Crippen LogP contribution in [-0.4, -0.2) is 23.5 Å². The number of hydrogen-bond donors (Lipinski definition) is 1. The molecular formula is C25H20ClN3O6. The van der Waals surface area contributed by atoms with Gasteiger partial charge in [-0.3, -0.25) is 14.9 Å². The normalized spacial score (nSPS) is 14.2. The molecular weight excluding hydrogens is 474 g/mol. The Bertz CT molecular complexity index is 1310. The van der Waals surface area contributed by atoms with Crippen molar-refractivity contribution in [1.29, 1.82) is 0 Å². The molecule has 3 amide bonds. The minimum absolute atomic E-state index is 0.00400. The van der Waals surface area contributed by atoms with Gasteiger partial charge in [-0.1, -0.05) is 17.7 Å². The van der Waals surface area contributed by atoms with Crippen LogP contribution in [0.15, 0.2) is 72.4 Å². The molecule has 1 saturated heterocycles. The topological polar surface area (TPSA) is 111 Å². The molecule has 0 unspecified atom stereocenters. The summed E-state index contributed by atoms with van der Waals surface area (Å²) >= 11 is 5.89. The van der Waals surface area contributed by atoms with Crippen LogP contribution in [-0.2, 0) is 11.4 Å². The third-order valence-corrected chi connectivity index (χ3v) is 5.34. The first-order chi connectivity index (χ1) is 16.9. The minimum Gasteiger partial charge on any atom is -0.490 e. The number of hydrogen-bond acceptors (Lipinski definition) is 6. The molecule has 0 bridgehead atoms. The van der Waals surface area contributed by atoms with Crippen LogP contribution in [0.25, 0.3) is 6.08 Å². The zero-order chi connectivity index (χ0) is 24.9. The van der Waals surface area contributed by atoms with Crippen molar-refractivity contribution in [2.45, 2.75) is 13.5 Å². The van der Waals surface area contributed by atoms with Crippen LogP contribution in [0.3, 0.4) is 0 Å². The lowest BCUT2D eigenvalue weighted by Crippen LogP contribution is -2.30. The summed E-state index contributed by atoms with van der Waals surface area (Å²) in [6.45, 7) is 2.40. The van der Waals surface area contributed by atoms with Gasteiger partial charge in [0.15, 0.2) is 11.5 Å². The number of nitrogens with zero attached hydrogens (tertiary/aromatic N) is 2. The Hall–Kier alpha value is -4.37. The van der Waals surface area contributed by atoms with Crippen LogP contribution in [0.5, 0.6) is 11.5 Å². The number of benzene rings is 3. The average Bonchev–Trinajstić information content (AvgIpc) is 3.12. The monoisotopic (exact) mass is 493 g/mol. The van der Waals surface area contributed by atoms with Crippen molar-refractivity contribution in [2.75, 3.05) is 11.5 Å². The summed E-state index contributed by atoms with van der Waals surface area (Å²) in [5, 5.41) is 13.9. The van der Waals surface area contributed by atoms with Gasteiger partial charge in [0, 0.05) is 17.2 Å². The third-order valence-electron chi connectivity index (χ3n) is 5.08. The van der Waals surface area contributed by atoms with Gasteiger partial charge in [-0.15, -0.1) is 0 Å². The Morgan fingerprint density at radius 3 is 2.37 bits per heavy atom. The zero-order valence-corrected chi connectivity index (χ0v) is 19.3. The van der Waals surface area contributed by atoms with E-state index in [1.165, 1.54) is 12.1 Å². The van der Waals surface area contributed by atoms with Gasteiger partial charge in [0.1, 0.15) is 12.3 Å². The molecule has 3 aromatic rings. The summed E-state index contributed by atoms with van der Waals surface area (Å²) in [5.74, 6) is 0.431. The van der Waals surface area contributed by atoms with Crippen LogP contribution in [0.4, 0.5) is 16.2 Å². The van der Waals surface area contributed by atoms with E-state index in [2.05, 4.69) is 5.32 Å². The van der Waals surface area contributed by atoms with Crippen molar-refractivity contribution in [1.82, 2.24) is 5.32 Å². The maximum atomic E-state index is 12.9. The fraction of sp³-hybridized carbons (Fsp3) is 0.120. The number of imide groups is 1. The summed E-state index contributed by atoms with van der Waals surface area (Å²) in [7, 11) is 0. The van der Waals surface area contributed by atoms with Crippen molar-refractivity contribution in [3.63, 3.8) is 0 Å². The highest BCUT2D eigenvalue weighted by Crippen LogP contribution is 2.31. The number of anilines is 1. The van der Waals surface area contributed by atoms with Crippen molar-refractivity contribution in [2.24, 2.45) is 0 Å². The van der Waals surface area contributed by atoms with Crippen LogP contribution in [0, 0.1) is 10.1 Å². The van der Waals surface area contributed by atoms with E-state index in [1.807, 2.05) is 6.92 Å². The van der Waals surface area contributed by atoms with Gasteiger partial charge in [-0.2, -0.15) is 0 Å². The SMILES string of the molecule is CCOc1cc(/C=C2/NC(=O)N(c3ccc(Cl)cc3)C2=O)ccc1OCc1ccc([N+](=O)[O-])cc1. The standard InChI is InChI=1S/C25H20ClN3O6/c1-2-34-23-14-17(5-12-22(23)35-15-16-3-8-20(9-4-16)29(32)33)13-21-24(30)28(25(31)27-21)19-10-6-18(26)7-11-19/h3-14H,2,15H2,1H3,(H,27,31)/b21-13+. The summed E-state index contributed by atoms with van der Waals surface area (Å²) in [6, 6.07) is 17.0. The fourth-order valence-corrected chi connectivity index (χ4v) is 3.53. The fourth-order valence-electron chi connectivity index (χ4n) is 3.40. The van der Waals surface area contributed by atoms with E-state index < -0.39 is 16.9 Å². The number of nitro groups is 1. The second kappa shape index (κ2) is 10.3. The summed E-state index contributed by atoms with van der Waals surface area (Å²) in [4.78, 5) is 36.6. The van der Waals surface area contributed by atoms with Crippen LogP contribution in [0.1, 0.15) is 18.1 Å². The number of carbonyl (C=O) groups is 2. The van der Waals surface area contributed by atoms with Gasteiger partial charge in [-0.25, -0.2) is 9.69 Å². The van der Waals surface area contributed by atoms with E-state index in [1.54, 1.807) is 60.7 Å². The van der Waals surface area contributed by atoms with Gasteiger partial charge in [0.05, 0.1) is 17.2 Å². The Balaban J connectivity index is 1.52. The second-order valence-electron chi connectivity index (χ2n) is 7.46. The van der Waals surface area contributed by atoms with E-state index in [4.69, 9.17) is 21.1 Å². The van der Waals surface area contributed by atoms with Crippen molar-refractivity contribution < 1.29 is 24.0 Å². The summed E-state index contributed by atoms with van der Waals surface area (Å²) < 4.78 is 11.5. The predicted octanol–water partition coefficient (Wildman–Crippen LogP) is 5.32. The molecule has 1 fully saturated rings. The molecule has 4 rings (SSSR count). The quantitative estimate of drug-likeness (QED) is 0.197. The van der Waals surface area contributed by atoms with Crippen molar-refractivity contribution in [3.8, 4) is 11.5 Å². The van der Waals surface area contributed by atoms with E-state index >= 15 is 0 Å². The third kappa shape index (κ3) is 5.42. The molecule has 0 atom stereocenters. The maximum Gasteiger partial charge on any atom is 0.333 e. The lowest BCUT2D eigenvalue weighted by molar-refractivity contribution is -0.384. The Kier molecular flexibility index (Phi) is 6.98. The summed E-state index contributed by atoms with van der Waals surface area (Å²) in [5.41, 5.74) is 1.91. The first kappa shape index (κ1) is 23.8. The number of amides is 3. The van der Waals surface area contributed by atoms with Crippen LogP contribution < -0.4 is 19.7 Å². The lowest BCUT2D eigenvalue weighted by Gasteiger charge is -2.13. The van der Waals surface area contributed by atoms with Gasteiger partial charge in [0.25, 0.3) is 11.6 Å². The second-order valence-corrected chi connectivity index (χ2v) is 7.89. The molecule has 0 aromatic heterocycles. The smallest absolute Gasteiger partial charge is 0.333 e. The highest BCUT2D eigenvalue weighted by atomic mass is 35.5. The molecule has 3 aromatic carbocycles. The van der Waals surface area contributed by atoms with Crippen molar-refractivity contribution >= 4 is 41.0 Å².